The Balaban J connectivity index is 1.73. The molecule has 1 aliphatic rings. The highest BCUT2D eigenvalue weighted by Gasteiger charge is 2.35. The first kappa shape index (κ1) is 27.7. The van der Waals surface area contributed by atoms with E-state index in [1.165, 1.54) is 4.90 Å². The van der Waals surface area contributed by atoms with Gasteiger partial charge in [0.15, 0.2) is 0 Å². The summed E-state index contributed by atoms with van der Waals surface area (Å²) in [5, 5.41) is 3.74. The van der Waals surface area contributed by atoms with Gasteiger partial charge in [-0.2, -0.15) is 0 Å². The average Bonchev–Trinajstić information content (AvgIpc) is 3.10. The summed E-state index contributed by atoms with van der Waals surface area (Å²) in [6.45, 7) is 6.04. The highest BCUT2D eigenvalue weighted by molar-refractivity contribution is 6.42. The number of carbonyl (C=O) groups is 4. The summed E-state index contributed by atoms with van der Waals surface area (Å²) < 4.78 is 0. The fourth-order valence-corrected chi connectivity index (χ4v) is 4.49. The van der Waals surface area contributed by atoms with Crippen molar-refractivity contribution in [2.45, 2.75) is 65.1 Å². The van der Waals surface area contributed by atoms with Crippen LogP contribution in [0.25, 0.3) is 0 Å². The van der Waals surface area contributed by atoms with E-state index in [-0.39, 0.29) is 55.6 Å². The maximum atomic E-state index is 13.4. The number of benzene rings is 2. The lowest BCUT2D eigenvalue weighted by atomic mass is 10.1. The van der Waals surface area contributed by atoms with Crippen LogP contribution in [0.4, 0.5) is 0 Å². The van der Waals surface area contributed by atoms with Gasteiger partial charge in [-0.25, -0.2) is 0 Å². The molecule has 7 nitrogen and oxygen atoms in total. The van der Waals surface area contributed by atoms with E-state index in [0.717, 1.165) is 12.0 Å². The summed E-state index contributed by atoms with van der Waals surface area (Å²) in [6.07, 6.45) is 1.55. The molecule has 192 valence electrons. The zero-order valence-corrected chi connectivity index (χ0v) is 22.2. The van der Waals surface area contributed by atoms with Gasteiger partial charge in [0.05, 0.1) is 21.2 Å². The summed E-state index contributed by atoms with van der Waals surface area (Å²) in [6, 6.07) is 11.1. The highest BCUT2D eigenvalue weighted by Crippen LogP contribution is 2.25. The smallest absolute Gasteiger partial charge is 0.261 e. The SMILES string of the molecule is CC[C@@H](C)NC(=O)[C@@H](CC)N(Cc1ccc(Cl)c(Cl)c1)C(=O)CCCN1C(=O)c2ccccc2C1=O. The molecule has 0 bridgehead atoms. The summed E-state index contributed by atoms with van der Waals surface area (Å²) in [5.74, 6) is -1.17. The molecule has 0 unspecified atom stereocenters. The maximum absolute atomic E-state index is 13.4. The lowest BCUT2D eigenvalue weighted by Gasteiger charge is -2.31. The number of carbonyl (C=O) groups excluding carboxylic acids is 4. The Bertz CT molecular complexity index is 1120. The molecule has 0 saturated carbocycles. The summed E-state index contributed by atoms with van der Waals surface area (Å²) in [5.41, 5.74) is 1.50. The minimum atomic E-state index is -0.680. The van der Waals surface area contributed by atoms with Gasteiger partial charge in [-0.3, -0.25) is 24.1 Å². The van der Waals surface area contributed by atoms with Gasteiger partial charge in [0.1, 0.15) is 6.04 Å². The van der Waals surface area contributed by atoms with Crippen molar-refractivity contribution < 1.29 is 19.2 Å². The molecule has 0 saturated heterocycles. The second kappa shape index (κ2) is 12.4. The average molecular weight is 532 g/mol. The van der Waals surface area contributed by atoms with Crippen molar-refractivity contribution in [2.75, 3.05) is 6.54 Å². The molecular formula is C27H31Cl2N3O4. The molecule has 0 fully saturated rings. The normalized spacial score (nSPS) is 14.4. The Morgan fingerprint density at radius 1 is 0.972 bits per heavy atom. The molecule has 2 atom stereocenters. The predicted octanol–water partition coefficient (Wildman–Crippen LogP) is 5.09. The van der Waals surface area contributed by atoms with E-state index >= 15 is 0 Å². The number of nitrogens with zero attached hydrogens (tertiary/aromatic N) is 2. The Hall–Kier alpha value is -2.90. The van der Waals surface area contributed by atoms with Crippen LogP contribution in [0, 0.1) is 0 Å². The predicted molar refractivity (Wildman–Crippen MR) is 140 cm³/mol. The Labute approximate surface area is 221 Å². The fourth-order valence-electron chi connectivity index (χ4n) is 4.17. The molecule has 0 aliphatic carbocycles. The number of amides is 4. The van der Waals surface area contributed by atoms with E-state index in [9.17, 15) is 19.2 Å². The third kappa shape index (κ3) is 6.26. The number of fused-ring (bicyclic) bond motifs is 1. The zero-order chi connectivity index (χ0) is 26.4. The summed E-state index contributed by atoms with van der Waals surface area (Å²) in [7, 11) is 0. The number of hydrogen-bond donors (Lipinski definition) is 1. The first-order valence-corrected chi connectivity index (χ1v) is 12.9. The molecule has 1 heterocycles. The van der Waals surface area contributed by atoms with E-state index in [4.69, 9.17) is 23.2 Å². The molecule has 9 heteroatoms. The van der Waals surface area contributed by atoms with Crippen LogP contribution in [0.1, 0.15) is 72.7 Å². The third-order valence-electron chi connectivity index (χ3n) is 6.37. The molecule has 4 amide bonds. The van der Waals surface area contributed by atoms with E-state index in [1.54, 1.807) is 47.4 Å². The molecule has 2 aromatic rings. The van der Waals surface area contributed by atoms with E-state index in [2.05, 4.69) is 5.32 Å². The minimum absolute atomic E-state index is 0.0256. The van der Waals surface area contributed by atoms with Crippen molar-refractivity contribution in [1.82, 2.24) is 15.1 Å². The standard InChI is InChI=1S/C27H31Cl2N3O4/c1-4-17(3)30-25(34)23(5-2)32(16-18-12-13-21(28)22(29)15-18)24(33)11-8-14-31-26(35)19-9-6-7-10-20(19)27(31)36/h6-7,9-10,12-13,15,17,23H,4-5,8,11,14,16H2,1-3H3,(H,30,34)/t17-,23-/m1/s1. The molecule has 3 rings (SSSR count). The van der Waals surface area contributed by atoms with Gasteiger partial charge in [0, 0.05) is 25.6 Å². The molecule has 0 aromatic heterocycles. The molecule has 0 spiro atoms. The minimum Gasteiger partial charge on any atom is -0.352 e. The van der Waals surface area contributed by atoms with Crippen LogP contribution in [-0.2, 0) is 16.1 Å². The van der Waals surface area contributed by atoms with Crippen LogP contribution in [-0.4, -0.2) is 52.1 Å². The Morgan fingerprint density at radius 3 is 2.17 bits per heavy atom. The quantitative estimate of drug-likeness (QED) is 0.409. The molecule has 1 N–H and O–H groups in total. The Morgan fingerprint density at radius 2 is 1.61 bits per heavy atom. The largest absolute Gasteiger partial charge is 0.352 e. The summed E-state index contributed by atoms with van der Waals surface area (Å²) in [4.78, 5) is 54.4. The van der Waals surface area contributed by atoms with Crippen LogP contribution in [0.2, 0.25) is 10.0 Å². The van der Waals surface area contributed by atoms with Crippen LogP contribution < -0.4 is 5.32 Å². The second-order valence-corrected chi connectivity index (χ2v) is 9.74. The maximum Gasteiger partial charge on any atom is 0.261 e. The zero-order valence-electron chi connectivity index (χ0n) is 20.7. The number of halogens is 2. The number of rotatable bonds is 11. The molecule has 36 heavy (non-hydrogen) atoms. The number of nitrogens with one attached hydrogen (secondary N) is 1. The van der Waals surface area contributed by atoms with Gasteiger partial charge in [-0.1, -0.05) is 55.2 Å². The van der Waals surface area contributed by atoms with E-state index in [0.29, 0.717) is 27.6 Å². The molecule has 0 radical (unpaired) electrons. The van der Waals surface area contributed by atoms with E-state index in [1.807, 2.05) is 20.8 Å². The molecule has 1 aliphatic heterocycles. The van der Waals surface area contributed by atoms with E-state index < -0.39 is 6.04 Å². The number of hydrogen-bond acceptors (Lipinski definition) is 4. The first-order chi connectivity index (χ1) is 17.2. The van der Waals surface area contributed by atoms with Crippen molar-refractivity contribution >= 4 is 46.8 Å². The lowest BCUT2D eigenvalue weighted by molar-refractivity contribution is -0.141. The van der Waals surface area contributed by atoms with Crippen LogP contribution in [0.3, 0.4) is 0 Å². The van der Waals surface area contributed by atoms with Crippen molar-refractivity contribution in [3.63, 3.8) is 0 Å². The van der Waals surface area contributed by atoms with Crippen LogP contribution in [0.5, 0.6) is 0 Å². The van der Waals surface area contributed by atoms with Gasteiger partial charge in [-0.15, -0.1) is 0 Å². The van der Waals surface area contributed by atoms with Crippen molar-refractivity contribution in [2.24, 2.45) is 0 Å². The van der Waals surface area contributed by atoms with Crippen molar-refractivity contribution in [1.29, 1.82) is 0 Å². The van der Waals surface area contributed by atoms with Crippen molar-refractivity contribution in [3.05, 3.63) is 69.2 Å². The molecular weight excluding hydrogens is 501 g/mol. The summed E-state index contributed by atoms with van der Waals surface area (Å²) >= 11 is 12.2. The van der Waals surface area contributed by atoms with Gasteiger partial charge < -0.3 is 10.2 Å². The third-order valence-corrected chi connectivity index (χ3v) is 7.11. The topological polar surface area (TPSA) is 86.8 Å². The fraction of sp³-hybridized carbons (Fsp3) is 0.407. The Kier molecular flexibility index (Phi) is 9.51. The lowest BCUT2D eigenvalue weighted by Crippen LogP contribution is -2.50. The van der Waals surface area contributed by atoms with Crippen molar-refractivity contribution in [3.8, 4) is 0 Å². The second-order valence-electron chi connectivity index (χ2n) is 8.92. The van der Waals surface area contributed by atoms with Gasteiger partial charge in [0.25, 0.3) is 11.8 Å². The first-order valence-electron chi connectivity index (χ1n) is 12.2. The van der Waals surface area contributed by atoms with Gasteiger partial charge in [0.2, 0.25) is 11.8 Å². The van der Waals surface area contributed by atoms with Gasteiger partial charge in [-0.05, 0) is 56.0 Å². The number of imide groups is 1. The van der Waals surface area contributed by atoms with Gasteiger partial charge >= 0.3 is 0 Å². The van der Waals surface area contributed by atoms with Crippen LogP contribution in [0.15, 0.2) is 42.5 Å². The monoisotopic (exact) mass is 531 g/mol. The highest BCUT2D eigenvalue weighted by atomic mass is 35.5. The van der Waals surface area contributed by atoms with Crippen LogP contribution >= 0.6 is 23.2 Å². The molecule has 2 aromatic carbocycles.